The van der Waals surface area contributed by atoms with Crippen LogP contribution >= 0.6 is 0 Å². The normalized spacial score (nSPS) is 38.9. The summed E-state index contributed by atoms with van der Waals surface area (Å²) in [4.78, 5) is 25.7. The molecule has 0 amide bonds. The average molecular weight is 1490 g/mol. The van der Waals surface area contributed by atoms with E-state index in [4.69, 9.17) is 51.7 Å². The molecule has 0 saturated carbocycles. The summed E-state index contributed by atoms with van der Waals surface area (Å²) >= 11 is 0. The summed E-state index contributed by atoms with van der Waals surface area (Å²) in [5, 5.41) is 97.8. The Morgan fingerprint density at radius 3 is 1.14 bits per heavy atom. The molecule has 5 rings (SSSR count). The van der Waals surface area contributed by atoms with E-state index in [-0.39, 0.29) is 0 Å². The molecule has 0 aromatic rings. The Morgan fingerprint density at radius 1 is 0.333 bits per heavy atom. The van der Waals surface area contributed by atoms with Crippen LogP contribution in [0.5, 0.6) is 0 Å². The average Bonchev–Trinajstić information content (AvgIpc) is 0.774. The number of aliphatic hydroxyl groups is 7. The molecule has 5 fully saturated rings. The molecular weight excluding hydrogens is 1440 g/mol. The third-order valence-electron chi connectivity index (χ3n) is 12.2. The van der Waals surface area contributed by atoms with Gasteiger partial charge in [0.1, 0.15) is 104 Å². The van der Waals surface area contributed by atoms with Crippen molar-refractivity contribution in [3.63, 3.8) is 0 Å². The fourth-order valence-corrected chi connectivity index (χ4v) is 12.5. The number of aliphatic hydroxyl groups excluding tert-OH is 7. The van der Waals surface area contributed by atoms with E-state index >= 15 is 0 Å². The summed E-state index contributed by atoms with van der Waals surface area (Å²) in [5.41, 5.74) is 0. The number of nitrogens with one attached hydrogen (secondary N) is 3. The second-order valence-corrected chi connectivity index (χ2v) is 27.4. The quantitative estimate of drug-likeness (QED) is 0.0309. The van der Waals surface area contributed by atoms with Crippen molar-refractivity contribution in [1.29, 1.82) is 0 Å². The Morgan fingerprint density at radius 2 is 0.700 bits per heavy atom. The standard InChI is InChI=1S/C30H51N3O49S8/c34-10-4(1-69-86(54,55)56)73-27(8(11(10)35)32-84(48,49)50)77-19-13(37)14(38)29(79-22(19)24(40)41)76-17-6(3-71-88(60,61)62)74-28(9(33-85(51,52)53)18(17)81-89(63,64)65)78-20-15(39)21(82-90(66,67)68)30(80-23(20)25(42)43)75-16-5(2-70-87(57,58)59)72-26(44)7(12(16)36)31-83(45,46)47/h4-23,26-39,44H,1-3H2,(H,40,41)(H,42,43)(H,45,46,47)(H,48,49,50)(H,51,52,53)(H,54,55,56)(H,57,58,59)(H,60,61,62)(H,63,64,65)(H,66,67,68). The van der Waals surface area contributed by atoms with E-state index in [9.17, 15) is 150 Å². The fourth-order valence-electron chi connectivity index (χ4n) is 8.80. The SMILES string of the molecule is O=C(O)C1OC(OC2C(COS(=O)(=O)O)OC(OC3C(C(=O)O)OC(OC4C(COS(=O)(=O)O)OC(O)C(NS(=O)(=O)O)C4O)C(OS(=O)(=O)O)C3O)C(NS(=O)(=O)O)C2OS(=O)(=O)O)C(O)C(O)C1OC1OC(COS(=O)(=O)O)C(O)C(O)C1NS(=O)(=O)O. The highest BCUT2D eigenvalue weighted by Gasteiger charge is 2.61. The van der Waals surface area contributed by atoms with Gasteiger partial charge >= 0.3 is 94.8 Å². The van der Waals surface area contributed by atoms with Crippen molar-refractivity contribution in [3.05, 3.63) is 0 Å². The topological polar surface area (TPSA) is 816 Å². The van der Waals surface area contributed by atoms with Gasteiger partial charge in [-0.3, -0.25) is 36.4 Å². The Kier molecular flexibility index (Phi) is 25.4. The zero-order valence-electron chi connectivity index (χ0n) is 43.0. The van der Waals surface area contributed by atoms with Crippen molar-refractivity contribution >= 4 is 94.8 Å². The first-order chi connectivity index (χ1) is 40.6. The van der Waals surface area contributed by atoms with Gasteiger partial charge in [-0.1, -0.05) is 0 Å². The van der Waals surface area contributed by atoms with Crippen LogP contribution in [0.25, 0.3) is 0 Å². The van der Waals surface area contributed by atoms with Crippen LogP contribution in [0, 0.1) is 0 Å². The highest BCUT2D eigenvalue weighted by Crippen LogP contribution is 2.38. The van der Waals surface area contributed by atoms with Crippen LogP contribution in [0.1, 0.15) is 0 Å². The molecule has 90 heavy (non-hydrogen) atoms. The van der Waals surface area contributed by atoms with Gasteiger partial charge in [-0.25, -0.2) is 30.5 Å². The molecule has 0 bridgehead atoms. The maximum atomic E-state index is 12.9. The second kappa shape index (κ2) is 29.3. The van der Waals surface area contributed by atoms with Crippen LogP contribution in [-0.2, 0) is 156 Å². The van der Waals surface area contributed by atoms with Crippen LogP contribution in [-0.4, -0.2) is 335 Å². The number of rotatable bonds is 29. The number of carboxylic acid groups (broad SMARTS) is 2. The van der Waals surface area contributed by atoms with E-state index in [0.717, 1.165) is 4.72 Å². The minimum Gasteiger partial charge on any atom is -0.479 e. The van der Waals surface area contributed by atoms with Gasteiger partial charge in [0.15, 0.2) is 49.8 Å². The van der Waals surface area contributed by atoms with E-state index in [1.165, 1.54) is 9.44 Å². The van der Waals surface area contributed by atoms with Crippen molar-refractivity contribution in [2.45, 2.75) is 153 Å². The molecule has 528 valence electrons. The molecule has 0 radical (unpaired) electrons. The molecule has 20 N–H and O–H groups in total. The lowest BCUT2D eigenvalue weighted by Gasteiger charge is -2.50. The maximum absolute atomic E-state index is 12.9. The van der Waals surface area contributed by atoms with Gasteiger partial charge in [-0.2, -0.15) is 81.5 Å². The van der Waals surface area contributed by atoms with Gasteiger partial charge in [0.05, 0.1) is 19.8 Å². The third kappa shape index (κ3) is 22.4. The van der Waals surface area contributed by atoms with E-state index < -0.39 is 268 Å². The Balaban J connectivity index is 1.59. The van der Waals surface area contributed by atoms with Crippen molar-refractivity contribution in [1.82, 2.24) is 14.2 Å². The molecule has 5 aliphatic rings. The molecule has 5 saturated heterocycles. The summed E-state index contributed by atoms with van der Waals surface area (Å²) in [7, 11) is -46.7. The summed E-state index contributed by atoms with van der Waals surface area (Å²) in [5.74, 6) is -4.94. The lowest BCUT2D eigenvalue weighted by atomic mass is 9.94. The maximum Gasteiger partial charge on any atom is 0.397 e. The molecule has 0 aliphatic carbocycles. The predicted molar refractivity (Wildman–Crippen MR) is 257 cm³/mol. The van der Waals surface area contributed by atoms with Gasteiger partial charge in [-0.05, 0) is 0 Å². The van der Waals surface area contributed by atoms with Gasteiger partial charge in [0.2, 0.25) is 0 Å². The number of hydrogen-bond donors (Lipinski definition) is 20. The van der Waals surface area contributed by atoms with E-state index in [1.54, 1.807) is 0 Å². The lowest BCUT2D eigenvalue weighted by Crippen LogP contribution is -2.71. The van der Waals surface area contributed by atoms with Crippen molar-refractivity contribution in [2.75, 3.05) is 19.8 Å². The number of carboxylic acids is 2. The molecule has 52 nitrogen and oxygen atoms in total. The zero-order chi connectivity index (χ0) is 68.7. The molecule has 5 heterocycles. The summed E-state index contributed by atoms with van der Waals surface area (Å²) in [6.07, 6.45) is -64.7. The first-order valence-corrected chi connectivity index (χ1v) is 34.3. The number of hydrogen-bond acceptors (Lipinski definition) is 39. The van der Waals surface area contributed by atoms with Gasteiger partial charge < -0.3 is 88.6 Å². The monoisotopic (exact) mass is 1490 g/mol. The molecule has 25 atom stereocenters. The smallest absolute Gasteiger partial charge is 0.397 e. The summed E-state index contributed by atoms with van der Waals surface area (Å²) in [6, 6.07) is -8.42. The zero-order valence-corrected chi connectivity index (χ0v) is 49.5. The Hall–Kier alpha value is -2.74. The van der Waals surface area contributed by atoms with E-state index in [1.807, 2.05) is 0 Å². The lowest BCUT2D eigenvalue weighted by molar-refractivity contribution is -0.372. The third-order valence-corrected chi connectivity index (χ3v) is 16.2. The Labute approximate surface area is 502 Å². The minimum absolute atomic E-state index is 1.09. The number of carbonyl (C=O) groups is 2. The first-order valence-electron chi connectivity index (χ1n) is 23.2. The van der Waals surface area contributed by atoms with E-state index in [0.29, 0.717) is 0 Å². The fraction of sp³-hybridized carbons (Fsp3) is 0.933. The number of aliphatic carboxylic acids is 2. The first kappa shape index (κ1) is 78.0. The van der Waals surface area contributed by atoms with Crippen LogP contribution in [0.3, 0.4) is 0 Å². The molecule has 25 unspecified atom stereocenters. The molecule has 0 aromatic carbocycles. The second-order valence-electron chi connectivity index (χ2n) is 18.5. The molecule has 60 heteroatoms. The molecule has 5 aliphatic heterocycles. The van der Waals surface area contributed by atoms with Crippen molar-refractivity contribution < 1.29 is 223 Å². The van der Waals surface area contributed by atoms with Crippen LogP contribution in [0.4, 0.5) is 0 Å². The van der Waals surface area contributed by atoms with Crippen molar-refractivity contribution in [2.24, 2.45) is 0 Å². The molecule has 0 spiro atoms. The van der Waals surface area contributed by atoms with Crippen LogP contribution in [0.2, 0.25) is 0 Å². The highest BCUT2D eigenvalue weighted by molar-refractivity contribution is 7.84. The highest BCUT2D eigenvalue weighted by atomic mass is 32.3. The minimum atomic E-state index is -6.36. The summed E-state index contributed by atoms with van der Waals surface area (Å²) < 4.78 is 339. The molecule has 0 aromatic heterocycles. The predicted octanol–water partition coefficient (Wildman–Crippen LogP) is -14.4. The molecular formula is C30H51N3O49S8. The van der Waals surface area contributed by atoms with Gasteiger partial charge in [-0.15, -0.1) is 0 Å². The largest absolute Gasteiger partial charge is 0.479 e. The van der Waals surface area contributed by atoms with Crippen LogP contribution < -0.4 is 14.2 Å². The van der Waals surface area contributed by atoms with Crippen molar-refractivity contribution in [3.8, 4) is 0 Å². The summed E-state index contributed by atoms with van der Waals surface area (Å²) in [6.45, 7) is -5.16. The Bertz CT molecular complexity index is 3470. The van der Waals surface area contributed by atoms with E-state index in [2.05, 4.69) is 20.9 Å². The van der Waals surface area contributed by atoms with Crippen LogP contribution in [0.15, 0.2) is 0 Å². The van der Waals surface area contributed by atoms with Gasteiger partial charge in [0.25, 0.3) is 0 Å². The number of ether oxygens (including phenoxy) is 9. The van der Waals surface area contributed by atoms with Gasteiger partial charge in [0, 0.05) is 0 Å².